The fourth-order valence-electron chi connectivity index (χ4n) is 2.89. The van der Waals surface area contributed by atoms with Gasteiger partial charge in [-0.1, -0.05) is 30.3 Å². The van der Waals surface area contributed by atoms with Crippen LogP contribution < -0.4 is 20.9 Å². The number of nitrogens with two attached hydrogens (primary N) is 2. The van der Waals surface area contributed by atoms with Crippen molar-refractivity contribution in [3.05, 3.63) is 83.4 Å². The molecule has 0 aromatic heterocycles. The molecule has 0 spiro atoms. The number of carbonyl (C=O) groups is 1. The smallest absolute Gasteiger partial charge is 0.489 e. The lowest BCUT2D eigenvalue weighted by Crippen LogP contribution is -2.11. The third-order valence-corrected chi connectivity index (χ3v) is 4.39. The topological polar surface area (TPSA) is 145 Å². The zero-order valence-electron chi connectivity index (χ0n) is 16.8. The van der Waals surface area contributed by atoms with E-state index in [9.17, 15) is 4.79 Å². The van der Waals surface area contributed by atoms with Gasteiger partial charge in [-0.3, -0.25) is 10.8 Å². The Hall–Kier alpha value is -4.33. The standard InChI is InChI=1S/C23H22N4O4/c1-29-23(28)31-20-9-14(13-30-19-7-3-6-17(11-19)22(26)27)8-18(12-20)15-4-2-5-16(10-15)21(24)25/h2-12H,13H2,1H3,(H3,24,25)(H3,26,27). The molecule has 8 nitrogen and oxygen atoms in total. The first-order chi connectivity index (χ1) is 14.9. The van der Waals surface area contributed by atoms with Crippen LogP contribution in [-0.4, -0.2) is 24.9 Å². The molecule has 6 N–H and O–H groups in total. The minimum absolute atomic E-state index is 0.0438. The fourth-order valence-corrected chi connectivity index (χ4v) is 2.89. The SMILES string of the molecule is COC(=O)Oc1cc(COc2cccc(C(=N)N)c2)cc(-c2cccc(C(=N)N)c2)c1. The molecule has 0 aliphatic rings. The third-order valence-electron chi connectivity index (χ3n) is 4.39. The van der Waals surface area contributed by atoms with Gasteiger partial charge in [0, 0.05) is 11.1 Å². The zero-order chi connectivity index (χ0) is 22.4. The van der Waals surface area contributed by atoms with Gasteiger partial charge in [-0.25, -0.2) is 4.79 Å². The number of nitrogens with one attached hydrogen (secondary N) is 2. The molecule has 0 heterocycles. The number of carbonyl (C=O) groups excluding carboxylic acids is 1. The number of benzene rings is 3. The molecule has 0 saturated heterocycles. The van der Waals surface area contributed by atoms with Crippen LogP contribution in [0.15, 0.2) is 66.7 Å². The molecule has 8 heteroatoms. The Balaban J connectivity index is 1.93. The predicted octanol–water partition coefficient (Wildman–Crippen LogP) is 3.65. The molecule has 0 radical (unpaired) electrons. The lowest BCUT2D eigenvalue weighted by molar-refractivity contribution is 0.121. The van der Waals surface area contributed by atoms with E-state index in [1.165, 1.54) is 7.11 Å². The van der Waals surface area contributed by atoms with Crippen LogP contribution in [0.2, 0.25) is 0 Å². The summed E-state index contributed by atoms with van der Waals surface area (Å²) < 4.78 is 15.6. The number of hydrogen-bond acceptors (Lipinski definition) is 6. The molecule has 3 aromatic carbocycles. The van der Waals surface area contributed by atoms with E-state index < -0.39 is 6.16 Å². The van der Waals surface area contributed by atoms with Gasteiger partial charge in [0.1, 0.15) is 29.8 Å². The first-order valence-corrected chi connectivity index (χ1v) is 9.27. The Morgan fingerprint density at radius 1 is 0.839 bits per heavy atom. The Labute approximate surface area is 179 Å². The van der Waals surface area contributed by atoms with E-state index in [2.05, 4.69) is 4.74 Å². The number of nitrogen functional groups attached to an aromatic ring is 2. The molecule has 0 amide bonds. The zero-order valence-corrected chi connectivity index (χ0v) is 16.8. The summed E-state index contributed by atoms with van der Waals surface area (Å²) >= 11 is 0. The van der Waals surface area contributed by atoms with E-state index in [1.54, 1.807) is 54.6 Å². The molecule has 0 bridgehead atoms. The van der Waals surface area contributed by atoms with Gasteiger partial charge in [-0.05, 0) is 53.1 Å². The van der Waals surface area contributed by atoms with E-state index >= 15 is 0 Å². The van der Waals surface area contributed by atoms with E-state index in [4.69, 9.17) is 31.8 Å². The van der Waals surface area contributed by atoms with Crippen LogP contribution >= 0.6 is 0 Å². The van der Waals surface area contributed by atoms with Crippen molar-refractivity contribution in [2.45, 2.75) is 6.61 Å². The van der Waals surface area contributed by atoms with Crippen LogP contribution in [0.1, 0.15) is 16.7 Å². The van der Waals surface area contributed by atoms with Crippen molar-refractivity contribution in [3.8, 4) is 22.6 Å². The molecule has 31 heavy (non-hydrogen) atoms. The molecule has 0 aliphatic heterocycles. The second-order valence-electron chi connectivity index (χ2n) is 6.65. The van der Waals surface area contributed by atoms with E-state index in [1.807, 2.05) is 12.1 Å². The van der Waals surface area contributed by atoms with Gasteiger partial charge in [-0.15, -0.1) is 0 Å². The maximum Gasteiger partial charge on any atom is 0.513 e. The molecule has 3 rings (SSSR count). The Kier molecular flexibility index (Phi) is 6.51. The third kappa shape index (κ3) is 5.60. The van der Waals surface area contributed by atoms with Crippen LogP contribution in [0.25, 0.3) is 11.1 Å². The van der Waals surface area contributed by atoms with Gasteiger partial charge in [0.25, 0.3) is 0 Å². The van der Waals surface area contributed by atoms with Crippen molar-refractivity contribution < 1.29 is 19.0 Å². The number of methoxy groups -OCH3 is 1. The molecule has 0 unspecified atom stereocenters. The maximum absolute atomic E-state index is 11.6. The predicted molar refractivity (Wildman–Crippen MR) is 118 cm³/mol. The average Bonchev–Trinajstić information content (AvgIpc) is 2.77. The summed E-state index contributed by atoms with van der Waals surface area (Å²) in [6.45, 7) is 0.180. The lowest BCUT2D eigenvalue weighted by atomic mass is 10.0. The molecular weight excluding hydrogens is 396 g/mol. The summed E-state index contributed by atoms with van der Waals surface area (Å²) in [7, 11) is 1.23. The summed E-state index contributed by atoms with van der Waals surface area (Å²) in [4.78, 5) is 11.6. The van der Waals surface area contributed by atoms with Gasteiger partial charge >= 0.3 is 6.16 Å². The quantitative estimate of drug-likeness (QED) is 0.199. The Morgan fingerprint density at radius 3 is 2.19 bits per heavy atom. The highest BCUT2D eigenvalue weighted by atomic mass is 16.7. The van der Waals surface area contributed by atoms with Crippen LogP contribution in [0.4, 0.5) is 4.79 Å². The minimum atomic E-state index is -0.837. The summed E-state index contributed by atoms with van der Waals surface area (Å²) in [5.74, 6) is 0.741. The highest BCUT2D eigenvalue weighted by Gasteiger charge is 2.11. The van der Waals surface area contributed by atoms with Crippen molar-refractivity contribution in [3.63, 3.8) is 0 Å². The van der Waals surface area contributed by atoms with Crippen molar-refractivity contribution >= 4 is 17.8 Å². The van der Waals surface area contributed by atoms with Gasteiger partial charge < -0.3 is 25.7 Å². The highest BCUT2D eigenvalue weighted by Crippen LogP contribution is 2.28. The minimum Gasteiger partial charge on any atom is -0.489 e. The van der Waals surface area contributed by atoms with Crippen LogP contribution in [-0.2, 0) is 11.3 Å². The van der Waals surface area contributed by atoms with Crippen LogP contribution in [0.5, 0.6) is 11.5 Å². The molecule has 0 aliphatic carbocycles. The van der Waals surface area contributed by atoms with E-state index in [0.717, 1.165) is 16.7 Å². The summed E-state index contributed by atoms with van der Waals surface area (Å²) in [6, 6.07) is 19.3. The summed E-state index contributed by atoms with van der Waals surface area (Å²) in [5.41, 5.74) is 14.5. The maximum atomic E-state index is 11.6. The largest absolute Gasteiger partial charge is 0.513 e. The average molecular weight is 418 g/mol. The summed E-state index contributed by atoms with van der Waals surface area (Å²) in [5, 5.41) is 15.2. The first kappa shape index (κ1) is 21.4. The van der Waals surface area contributed by atoms with Crippen LogP contribution in [0.3, 0.4) is 0 Å². The normalized spacial score (nSPS) is 10.2. The van der Waals surface area contributed by atoms with Gasteiger partial charge in [0.15, 0.2) is 0 Å². The monoisotopic (exact) mass is 418 g/mol. The number of hydrogen-bond donors (Lipinski definition) is 4. The van der Waals surface area contributed by atoms with Gasteiger partial charge in [-0.2, -0.15) is 0 Å². The molecule has 158 valence electrons. The first-order valence-electron chi connectivity index (χ1n) is 9.27. The van der Waals surface area contributed by atoms with Gasteiger partial charge in [0.05, 0.1) is 7.11 Å². The highest BCUT2D eigenvalue weighted by molar-refractivity contribution is 5.96. The second-order valence-corrected chi connectivity index (χ2v) is 6.65. The van der Waals surface area contributed by atoms with Crippen molar-refractivity contribution in [1.82, 2.24) is 0 Å². The second kappa shape index (κ2) is 9.45. The number of rotatable bonds is 7. The molecule has 0 saturated carbocycles. The lowest BCUT2D eigenvalue weighted by Gasteiger charge is -2.12. The molecular formula is C23H22N4O4. The fraction of sp³-hybridized carbons (Fsp3) is 0.0870. The van der Waals surface area contributed by atoms with Crippen molar-refractivity contribution in [1.29, 1.82) is 10.8 Å². The summed E-state index contributed by atoms with van der Waals surface area (Å²) in [6.07, 6.45) is -0.837. The van der Waals surface area contributed by atoms with E-state index in [0.29, 0.717) is 16.9 Å². The number of ether oxygens (including phenoxy) is 3. The van der Waals surface area contributed by atoms with Crippen molar-refractivity contribution in [2.24, 2.45) is 11.5 Å². The molecule has 0 fully saturated rings. The molecule has 0 atom stereocenters. The Morgan fingerprint density at radius 2 is 1.52 bits per heavy atom. The van der Waals surface area contributed by atoms with Gasteiger partial charge in [0.2, 0.25) is 0 Å². The van der Waals surface area contributed by atoms with E-state index in [-0.39, 0.29) is 24.0 Å². The Bertz CT molecular complexity index is 1140. The number of amidine groups is 2. The molecule has 3 aromatic rings. The van der Waals surface area contributed by atoms with Crippen LogP contribution in [0, 0.1) is 10.8 Å². The van der Waals surface area contributed by atoms with Crippen molar-refractivity contribution in [2.75, 3.05) is 7.11 Å².